The van der Waals surface area contributed by atoms with E-state index >= 15 is 0 Å². The minimum Gasteiger partial charge on any atom is -0.494 e. The Morgan fingerprint density at radius 2 is 1.80 bits per heavy atom. The molecule has 0 saturated carbocycles. The Balaban J connectivity index is 2.27. The SMILES string of the molecule is CCC(C)(C)OCCCOc1ccc(C(=O)OC)cc1. The van der Waals surface area contributed by atoms with Gasteiger partial charge in [0.15, 0.2) is 0 Å². The summed E-state index contributed by atoms with van der Waals surface area (Å²) in [5.74, 6) is 0.402. The number of rotatable bonds is 8. The third kappa shape index (κ3) is 5.61. The van der Waals surface area contributed by atoms with Crippen molar-refractivity contribution >= 4 is 5.97 Å². The Morgan fingerprint density at radius 3 is 2.35 bits per heavy atom. The topological polar surface area (TPSA) is 44.8 Å². The van der Waals surface area contributed by atoms with Gasteiger partial charge in [0.2, 0.25) is 0 Å². The van der Waals surface area contributed by atoms with E-state index in [1.54, 1.807) is 24.3 Å². The van der Waals surface area contributed by atoms with E-state index in [4.69, 9.17) is 9.47 Å². The Kier molecular flexibility index (Phi) is 6.52. The van der Waals surface area contributed by atoms with Crippen molar-refractivity contribution < 1.29 is 19.0 Å². The average Bonchev–Trinajstić information content (AvgIpc) is 2.46. The lowest BCUT2D eigenvalue weighted by Gasteiger charge is -2.23. The van der Waals surface area contributed by atoms with Gasteiger partial charge in [0, 0.05) is 6.42 Å². The first-order valence-electron chi connectivity index (χ1n) is 6.93. The number of hydrogen-bond acceptors (Lipinski definition) is 4. The summed E-state index contributed by atoms with van der Waals surface area (Å²) < 4.78 is 16.0. The van der Waals surface area contributed by atoms with E-state index in [2.05, 4.69) is 25.5 Å². The fraction of sp³-hybridized carbons (Fsp3) is 0.562. The zero-order valence-electron chi connectivity index (χ0n) is 12.8. The van der Waals surface area contributed by atoms with Gasteiger partial charge in [-0.05, 0) is 44.5 Å². The van der Waals surface area contributed by atoms with E-state index in [0.717, 1.165) is 18.6 Å². The highest BCUT2D eigenvalue weighted by molar-refractivity contribution is 5.89. The lowest BCUT2D eigenvalue weighted by atomic mass is 10.1. The molecule has 1 aromatic carbocycles. The molecule has 0 aliphatic carbocycles. The third-order valence-electron chi connectivity index (χ3n) is 3.18. The smallest absolute Gasteiger partial charge is 0.337 e. The van der Waals surface area contributed by atoms with Crippen LogP contribution in [0.25, 0.3) is 0 Å². The highest BCUT2D eigenvalue weighted by Gasteiger charge is 2.14. The van der Waals surface area contributed by atoms with Crippen LogP contribution < -0.4 is 4.74 Å². The van der Waals surface area contributed by atoms with E-state index < -0.39 is 0 Å². The van der Waals surface area contributed by atoms with E-state index in [0.29, 0.717) is 18.8 Å². The summed E-state index contributed by atoms with van der Waals surface area (Å²) in [5.41, 5.74) is 0.454. The molecule has 0 fully saturated rings. The first-order chi connectivity index (χ1) is 9.48. The molecular weight excluding hydrogens is 256 g/mol. The van der Waals surface area contributed by atoms with Crippen LogP contribution in [0, 0.1) is 0 Å². The maximum absolute atomic E-state index is 11.3. The summed E-state index contributed by atoms with van der Waals surface area (Å²) in [6.07, 6.45) is 1.82. The van der Waals surface area contributed by atoms with Gasteiger partial charge in [0.1, 0.15) is 5.75 Å². The predicted octanol–water partition coefficient (Wildman–Crippen LogP) is 3.45. The molecule has 1 rings (SSSR count). The van der Waals surface area contributed by atoms with Crippen LogP contribution in [0.3, 0.4) is 0 Å². The lowest BCUT2D eigenvalue weighted by molar-refractivity contribution is -0.0241. The molecule has 0 aromatic heterocycles. The molecule has 0 atom stereocenters. The molecule has 112 valence electrons. The van der Waals surface area contributed by atoms with Crippen molar-refractivity contribution in [3.8, 4) is 5.75 Å². The first kappa shape index (κ1) is 16.5. The van der Waals surface area contributed by atoms with Crippen molar-refractivity contribution in [2.75, 3.05) is 20.3 Å². The van der Waals surface area contributed by atoms with E-state index in [1.165, 1.54) is 7.11 Å². The summed E-state index contributed by atoms with van der Waals surface area (Å²) in [6.45, 7) is 7.55. The van der Waals surface area contributed by atoms with Gasteiger partial charge >= 0.3 is 5.97 Å². The minimum atomic E-state index is -0.341. The minimum absolute atomic E-state index is 0.0673. The molecule has 0 amide bonds. The molecule has 0 unspecified atom stereocenters. The van der Waals surface area contributed by atoms with Crippen molar-refractivity contribution in [3.05, 3.63) is 29.8 Å². The average molecular weight is 280 g/mol. The molecule has 0 bridgehead atoms. The Morgan fingerprint density at radius 1 is 1.15 bits per heavy atom. The molecule has 20 heavy (non-hydrogen) atoms. The summed E-state index contributed by atoms with van der Waals surface area (Å²) in [6, 6.07) is 6.92. The van der Waals surface area contributed by atoms with E-state index in [-0.39, 0.29) is 11.6 Å². The van der Waals surface area contributed by atoms with Crippen LogP contribution >= 0.6 is 0 Å². The number of hydrogen-bond donors (Lipinski definition) is 0. The number of methoxy groups -OCH3 is 1. The van der Waals surface area contributed by atoms with Crippen molar-refractivity contribution in [1.29, 1.82) is 0 Å². The van der Waals surface area contributed by atoms with Gasteiger partial charge < -0.3 is 14.2 Å². The van der Waals surface area contributed by atoms with Crippen LogP contribution in [-0.4, -0.2) is 31.9 Å². The van der Waals surface area contributed by atoms with Crippen LogP contribution in [-0.2, 0) is 9.47 Å². The molecule has 0 aliphatic rings. The zero-order chi connectivity index (χ0) is 15.0. The molecule has 1 aromatic rings. The van der Waals surface area contributed by atoms with Crippen LogP contribution in [0.1, 0.15) is 44.0 Å². The largest absolute Gasteiger partial charge is 0.494 e. The second-order valence-corrected chi connectivity index (χ2v) is 5.18. The van der Waals surface area contributed by atoms with Gasteiger partial charge in [0.05, 0.1) is 31.5 Å². The molecule has 0 radical (unpaired) electrons. The molecular formula is C16H24O4. The van der Waals surface area contributed by atoms with E-state index in [9.17, 15) is 4.79 Å². The second kappa shape index (κ2) is 7.90. The summed E-state index contributed by atoms with van der Waals surface area (Å²) >= 11 is 0. The fourth-order valence-electron chi connectivity index (χ4n) is 1.50. The Hall–Kier alpha value is -1.55. The van der Waals surface area contributed by atoms with Crippen LogP contribution in [0.5, 0.6) is 5.75 Å². The second-order valence-electron chi connectivity index (χ2n) is 5.18. The molecule has 4 heteroatoms. The molecule has 0 aliphatic heterocycles. The highest BCUT2D eigenvalue weighted by Crippen LogP contribution is 2.15. The summed E-state index contributed by atoms with van der Waals surface area (Å²) in [4.78, 5) is 11.3. The number of ether oxygens (including phenoxy) is 3. The summed E-state index contributed by atoms with van der Waals surface area (Å²) in [7, 11) is 1.37. The van der Waals surface area contributed by atoms with Crippen LogP contribution in [0.15, 0.2) is 24.3 Å². The number of carbonyl (C=O) groups is 1. The zero-order valence-corrected chi connectivity index (χ0v) is 12.8. The third-order valence-corrected chi connectivity index (χ3v) is 3.18. The summed E-state index contributed by atoms with van der Waals surface area (Å²) in [5, 5.41) is 0. The van der Waals surface area contributed by atoms with E-state index in [1.807, 2.05) is 0 Å². The molecule has 0 heterocycles. The van der Waals surface area contributed by atoms with Gasteiger partial charge in [-0.25, -0.2) is 4.79 Å². The van der Waals surface area contributed by atoms with Gasteiger partial charge in [0.25, 0.3) is 0 Å². The van der Waals surface area contributed by atoms with Crippen molar-refractivity contribution in [2.45, 2.75) is 39.2 Å². The lowest BCUT2D eigenvalue weighted by Crippen LogP contribution is -2.24. The van der Waals surface area contributed by atoms with Gasteiger partial charge in [-0.3, -0.25) is 0 Å². The van der Waals surface area contributed by atoms with Crippen LogP contribution in [0.2, 0.25) is 0 Å². The first-order valence-corrected chi connectivity index (χ1v) is 6.93. The Bertz CT molecular complexity index is 409. The predicted molar refractivity (Wildman–Crippen MR) is 78.2 cm³/mol. The monoisotopic (exact) mass is 280 g/mol. The van der Waals surface area contributed by atoms with Crippen molar-refractivity contribution in [3.63, 3.8) is 0 Å². The fourth-order valence-corrected chi connectivity index (χ4v) is 1.50. The molecule has 4 nitrogen and oxygen atoms in total. The van der Waals surface area contributed by atoms with Crippen molar-refractivity contribution in [1.82, 2.24) is 0 Å². The van der Waals surface area contributed by atoms with Gasteiger partial charge in [-0.1, -0.05) is 6.92 Å². The Labute approximate surface area is 121 Å². The normalized spacial score (nSPS) is 11.2. The number of benzene rings is 1. The van der Waals surface area contributed by atoms with Gasteiger partial charge in [-0.15, -0.1) is 0 Å². The standard InChI is InChI=1S/C16H24O4/c1-5-16(2,3)20-12-6-11-19-14-9-7-13(8-10-14)15(17)18-4/h7-10H,5-6,11-12H2,1-4H3. The van der Waals surface area contributed by atoms with Crippen molar-refractivity contribution in [2.24, 2.45) is 0 Å². The molecule has 0 saturated heterocycles. The maximum atomic E-state index is 11.3. The highest BCUT2D eigenvalue weighted by atomic mass is 16.5. The molecule has 0 N–H and O–H groups in total. The maximum Gasteiger partial charge on any atom is 0.337 e. The quantitative estimate of drug-likeness (QED) is 0.540. The van der Waals surface area contributed by atoms with Gasteiger partial charge in [-0.2, -0.15) is 0 Å². The molecule has 0 spiro atoms. The number of esters is 1. The van der Waals surface area contributed by atoms with Crippen LogP contribution in [0.4, 0.5) is 0 Å². The number of carbonyl (C=O) groups excluding carboxylic acids is 1.